The topological polar surface area (TPSA) is 86.3 Å². The van der Waals surface area contributed by atoms with Crippen molar-refractivity contribution >= 4 is 17.4 Å². The number of benzene rings is 2. The molecule has 1 unspecified atom stereocenters. The van der Waals surface area contributed by atoms with Crippen LogP contribution in [0.15, 0.2) is 66.5 Å². The van der Waals surface area contributed by atoms with E-state index < -0.39 is 17.7 Å². The molecule has 2 heterocycles. The van der Waals surface area contributed by atoms with Gasteiger partial charge in [-0.1, -0.05) is 59.7 Å². The van der Waals surface area contributed by atoms with Crippen LogP contribution in [0.5, 0.6) is 0 Å². The van der Waals surface area contributed by atoms with Gasteiger partial charge in [0.25, 0.3) is 11.7 Å². The predicted molar refractivity (Wildman–Crippen MR) is 118 cm³/mol. The zero-order chi connectivity index (χ0) is 22.0. The lowest BCUT2D eigenvalue weighted by Crippen LogP contribution is -2.31. The van der Waals surface area contributed by atoms with Crippen molar-refractivity contribution in [1.82, 2.24) is 14.9 Å². The van der Waals surface area contributed by atoms with E-state index in [0.717, 1.165) is 22.5 Å². The Morgan fingerprint density at radius 2 is 1.81 bits per heavy atom. The number of carbonyl (C=O) groups excluding carboxylic acids is 2. The molecule has 2 aromatic carbocycles. The van der Waals surface area contributed by atoms with Crippen LogP contribution in [-0.4, -0.2) is 38.2 Å². The van der Waals surface area contributed by atoms with Gasteiger partial charge >= 0.3 is 0 Å². The van der Waals surface area contributed by atoms with Crippen LogP contribution in [0.4, 0.5) is 0 Å². The van der Waals surface area contributed by atoms with Crippen molar-refractivity contribution in [1.29, 1.82) is 0 Å². The highest BCUT2D eigenvalue weighted by Gasteiger charge is 2.45. The Morgan fingerprint density at radius 1 is 1.10 bits per heavy atom. The molecule has 0 spiro atoms. The van der Waals surface area contributed by atoms with Gasteiger partial charge in [-0.15, -0.1) is 0 Å². The van der Waals surface area contributed by atoms with Crippen LogP contribution in [0.25, 0.3) is 5.76 Å². The maximum atomic E-state index is 13.0. The van der Waals surface area contributed by atoms with Crippen molar-refractivity contribution in [3.63, 3.8) is 0 Å². The molecule has 1 fully saturated rings. The number of aliphatic hydroxyl groups is 1. The molecule has 1 atom stereocenters. The second-order valence-corrected chi connectivity index (χ2v) is 7.92. The SMILES string of the molecule is Cc1cc(C)cc(C2/C(=C(\O)c3ccccc3)C(=O)C(=O)N2CCCc2ncc[nH]2)c1. The number of aromatic nitrogens is 2. The second-order valence-electron chi connectivity index (χ2n) is 7.92. The van der Waals surface area contributed by atoms with Crippen molar-refractivity contribution in [3.05, 3.63) is 94.6 Å². The van der Waals surface area contributed by atoms with Gasteiger partial charge in [-0.05, 0) is 25.8 Å². The highest BCUT2D eigenvalue weighted by atomic mass is 16.3. The minimum Gasteiger partial charge on any atom is -0.507 e. The van der Waals surface area contributed by atoms with Gasteiger partial charge in [-0.3, -0.25) is 9.59 Å². The first-order valence-corrected chi connectivity index (χ1v) is 10.4. The molecule has 4 rings (SSSR count). The van der Waals surface area contributed by atoms with Gasteiger partial charge in [0.1, 0.15) is 11.6 Å². The number of Topliss-reactive ketones (excluding diaryl/α,β-unsaturated/α-hetero) is 1. The number of amides is 1. The average molecular weight is 415 g/mol. The lowest BCUT2D eigenvalue weighted by molar-refractivity contribution is -0.139. The van der Waals surface area contributed by atoms with E-state index in [2.05, 4.69) is 9.97 Å². The molecule has 0 saturated carbocycles. The second kappa shape index (κ2) is 8.60. The molecule has 0 radical (unpaired) electrons. The molecule has 1 saturated heterocycles. The molecule has 0 bridgehead atoms. The number of ketones is 1. The molecule has 1 aromatic heterocycles. The van der Waals surface area contributed by atoms with Crippen LogP contribution < -0.4 is 0 Å². The zero-order valence-electron chi connectivity index (χ0n) is 17.6. The van der Waals surface area contributed by atoms with Crippen molar-refractivity contribution < 1.29 is 14.7 Å². The van der Waals surface area contributed by atoms with E-state index in [1.165, 1.54) is 0 Å². The number of aliphatic hydroxyl groups excluding tert-OH is 1. The normalized spacial score (nSPS) is 18.0. The Hall–Kier alpha value is -3.67. The van der Waals surface area contributed by atoms with Crippen molar-refractivity contribution in [2.75, 3.05) is 6.54 Å². The standard InChI is InChI=1S/C25H25N3O3/c1-16-13-17(2)15-19(14-16)22-21(23(29)18-7-4-3-5-8-18)24(30)25(31)28(22)12-6-9-20-26-10-11-27-20/h3-5,7-8,10-11,13-15,22,29H,6,9,12H2,1-2H3,(H,26,27)/b23-21+. The highest BCUT2D eigenvalue weighted by Crippen LogP contribution is 2.40. The number of H-pyrrole nitrogens is 1. The van der Waals surface area contributed by atoms with Gasteiger partial charge in [-0.25, -0.2) is 4.98 Å². The first-order chi connectivity index (χ1) is 15.0. The molecule has 2 N–H and O–H groups in total. The summed E-state index contributed by atoms with van der Waals surface area (Å²) in [6.07, 6.45) is 4.76. The summed E-state index contributed by atoms with van der Waals surface area (Å²) in [6.45, 7) is 4.35. The van der Waals surface area contributed by atoms with Gasteiger partial charge in [-0.2, -0.15) is 0 Å². The van der Waals surface area contributed by atoms with Gasteiger partial charge in [0.15, 0.2) is 0 Å². The number of likely N-dealkylation sites (tertiary alicyclic amines) is 1. The lowest BCUT2D eigenvalue weighted by atomic mass is 9.93. The number of aryl methyl sites for hydroxylation is 3. The number of nitrogens with one attached hydrogen (secondary N) is 1. The Kier molecular flexibility index (Phi) is 5.71. The van der Waals surface area contributed by atoms with E-state index in [-0.39, 0.29) is 11.3 Å². The number of aromatic amines is 1. The fraction of sp³-hybridized carbons (Fsp3) is 0.240. The van der Waals surface area contributed by atoms with Crippen LogP contribution in [0, 0.1) is 13.8 Å². The van der Waals surface area contributed by atoms with Gasteiger partial charge in [0.2, 0.25) is 0 Å². The Labute approximate surface area is 181 Å². The van der Waals surface area contributed by atoms with Crippen molar-refractivity contribution in [2.45, 2.75) is 32.7 Å². The van der Waals surface area contributed by atoms with E-state index in [1.54, 1.807) is 41.6 Å². The van der Waals surface area contributed by atoms with Crippen LogP contribution in [0.3, 0.4) is 0 Å². The molecular weight excluding hydrogens is 390 g/mol. The lowest BCUT2D eigenvalue weighted by Gasteiger charge is -2.26. The maximum Gasteiger partial charge on any atom is 0.295 e. The fourth-order valence-corrected chi connectivity index (χ4v) is 4.23. The minimum absolute atomic E-state index is 0.138. The monoisotopic (exact) mass is 415 g/mol. The third kappa shape index (κ3) is 4.14. The summed E-state index contributed by atoms with van der Waals surface area (Å²) in [5.74, 6) is -0.537. The van der Waals surface area contributed by atoms with E-state index in [1.807, 2.05) is 38.1 Å². The number of nitrogens with zero attached hydrogens (tertiary/aromatic N) is 2. The number of hydrogen-bond acceptors (Lipinski definition) is 4. The van der Waals surface area contributed by atoms with E-state index in [0.29, 0.717) is 24.9 Å². The van der Waals surface area contributed by atoms with Crippen LogP contribution in [-0.2, 0) is 16.0 Å². The molecule has 1 amide bonds. The first-order valence-electron chi connectivity index (χ1n) is 10.4. The summed E-state index contributed by atoms with van der Waals surface area (Å²) < 4.78 is 0. The van der Waals surface area contributed by atoms with Crippen molar-refractivity contribution in [3.8, 4) is 0 Å². The Morgan fingerprint density at radius 3 is 2.45 bits per heavy atom. The molecule has 6 heteroatoms. The van der Waals surface area contributed by atoms with Gasteiger partial charge in [0, 0.05) is 30.9 Å². The summed E-state index contributed by atoms with van der Waals surface area (Å²) in [6, 6.07) is 14.3. The molecule has 1 aliphatic rings. The van der Waals surface area contributed by atoms with E-state index in [9.17, 15) is 14.7 Å². The summed E-state index contributed by atoms with van der Waals surface area (Å²) in [4.78, 5) is 34.9. The molecule has 0 aliphatic carbocycles. The summed E-state index contributed by atoms with van der Waals surface area (Å²) in [7, 11) is 0. The van der Waals surface area contributed by atoms with E-state index >= 15 is 0 Å². The summed E-state index contributed by atoms with van der Waals surface area (Å²) in [5, 5.41) is 11.0. The highest BCUT2D eigenvalue weighted by molar-refractivity contribution is 6.46. The largest absolute Gasteiger partial charge is 0.507 e. The van der Waals surface area contributed by atoms with Gasteiger partial charge in [0.05, 0.1) is 11.6 Å². The van der Waals surface area contributed by atoms with Crippen LogP contribution in [0.2, 0.25) is 0 Å². The molecule has 3 aromatic rings. The number of rotatable bonds is 6. The third-order valence-corrected chi connectivity index (χ3v) is 5.51. The molecule has 158 valence electrons. The quantitative estimate of drug-likeness (QED) is 0.361. The van der Waals surface area contributed by atoms with Crippen LogP contribution >= 0.6 is 0 Å². The van der Waals surface area contributed by atoms with Gasteiger partial charge < -0.3 is 15.0 Å². The van der Waals surface area contributed by atoms with E-state index in [4.69, 9.17) is 0 Å². The first kappa shape index (κ1) is 20.6. The molecule has 6 nitrogen and oxygen atoms in total. The third-order valence-electron chi connectivity index (χ3n) is 5.51. The predicted octanol–water partition coefficient (Wildman–Crippen LogP) is 4.08. The van der Waals surface area contributed by atoms with Crippen LogP contribution in [0.1, 0.15) is 40.5 Å². The molecule has 31 heavy (non-hydrogen) atoms. The fourth-order valence-electron chi connectivity index (χ4n) is 4.23. The van der Waals surface area contributed by atoms with Crippen molar-refractivity contribution in [2.24, 2.45) is 0 Å². The maximum absolute atomic E-state index is 13.0. The molecular formula is C25H25N3O3. The Balaban J connectivity index is 1.76. The minimum atomic E-state index is -0.650. The summed E-state index contributed by atoms with van der Waals surface area (Å²) >= 11 is 0. The average Bonchev–Trinajstić information content (AvgIpc) is 3.35. The Bertz CT molecular complexity index is 1110. The number of hydrogen-bond donors (Lipinski definition) is 2. The summed E-state index contributed by atoms with van der Waals surface area (Å²) in [5.41, 5.74) is 3.56. The molecule has 1 aliphatic heterocycles. The smallest absolute Gasteiger partial charge is 0.295 e. The number of carbonyl (C=O) groups is 2. The number of imidazole rings is 1. The zero-order valence-corrected chi connectivity index (χ0v) is 17.6.